The number of ether oxygens (including phenoxy) is 1. The quantitative estimate of drug-likeness (QED) is 0.407. The van der Waals surface area contributed by atoms with Crippen LogP contribution in [0.3, 0.4) is 0 Å². The van der Waals surface area contributed by atoms with Gasteiger partial charge < -0.3 is 15.2 Å². The lowest BCUT2D eigenvalue weighted by Gasteiger charge is -2.06. The number of carbonyl (C=O) groups is 2. The molecule has 2 rings (SSSR count). The Morgan fingerprint density at radius 2 is 2.33 bits per heavy atom. The number of hydrogen-bond acceptors (Lipinski definition) is 6. The van der Waals surface area contributed by atoms with Crippen LogP contribution in [0, 0.1) is 0 Å². The standard InChI is InChI=1S/C15H14BrN3O4S/c1-2-5-23-11-4-3-10(16)6-9(11)8-17-19-15-18-14(22)12(24-15)7-13(20)21/h2-4,6,8,12H,1,5,7H2,(H,20,21)(H,18,19,22)/b17-8+. The molecule has 1 heterocycles. The van der Waals surface area contributed by atoms with Crippen molar-refractivity contribution in [2.24, 2.45) is 10.2 Å². The van der Waals surface area contributed by atoms with Crippen molar-refractivity contribution in [3.8, 4) is 5.75 Å². The largest absolute Gasteiger partial charge is 0.489 e. The van der Waals surface area contributed by atoms with Crippen LogP contribution in [0.2, 0.25) is 0 Å². The number of nitrogens with one attached hydrogen (secondary N) is 1. The van der Waals surface area contributed by atoms with Crippen LogP contribution >= 0.6 is 27.7 Å². The molecule has 0 spiro atoms. The fraction of sp³-hybridized carbons (Fsp3) is 0.200. The maximum atomic E-state index is 11.6. The first-order chi connectivity index (χ1) is 11.5. The molecular formula is C15H14BrN3O4S. The van der Waals surface area contributed by atoms with Gasteiger partial charge in [0.25, 0.3) is 0 Å². The minimum atomic E-state index is -1.04. The van der Waals surface area contributed by atoms with Gasteiger partial charge >= 0.3 is 5.97 Å². The van der Waals surface area contributed by atoms with Gasteiger partial charge in [0.15, 0.2) is 5.17 Å². The van der Waals surface area contributed by atoms with Crippen LogP contribution in [0.25, 0.3) is 0 Å². The van der Waals surface area contributed by atoms with Gasteiger partial charge in [0.2, 0.25) is 5.91 Å². The molecule has 2 N–H and O–H groups in total. The lowest BCUT2D eigenvalue weighted by molar-refractivity contribution is -0.138. The molecule has 1 aromatic rings. The number of carboxylic acid groups (broad SMARTS) is 1. The number of carbonyl (C=O) groups excluding carboxylic acids is 1. The molecule has 0 radical (unpaired) electrons. The van der Waals surface area contributed by atoms with Gasteiger partial charge in [-0.2, -0.15) is 5.10 Å². The number of aliphatic carboxylic acids is 1. The zero-order valence-corrected chi connectivity index (χ0v) is 14.8. The lowest BCUT2D eigenvalue weighted by atomic mass is 10.2. The van der Waals surface area contributed by atoms with E-state index in [9.17, 15) is 9.59 Å². The zero-order valence-electron chi connectivity index (χ0n) is 12.4. The van der Waals surface area contributed by atoms with Crippen molar-refractivity contribution in [3.63, 3.8) is 0 Å². The molecule has 7 nitrogen and oxygen atoms in total. The second-order valence-electron chi connectivity index (χ2n) is 4.63. The smallest absolute Gasteiger partial charge is 0.305 e. The molecule has 1 aliphatic rings. The van der Waals surface area contributed by atoms with Gasteiger partial charge in [-0.3, -0.25) is 9.59 Å². The molecule has 1 fully saturated rings. The third-order valence-electron chi connectivity index (χ3n) is 2.81. The number of nitrogens with zero attached hydrogens (tertiary/aromatic N) is 2. The highest BCUT2D eigenvalue weighted by molar-refractivity contribution is 9.10. The highest BCUT2D eigenvalue weighted by Gasteiger charge is 2.32. The lowest BCUT2D eigenvalue weighted by Crippen LogP contribution is -2.26. The van der Waals surface area contributed by atoms with Crippen LogP contribution < -0.4 is 10.1 Å². The molecule has 24 heavy (non-hydrogen) atoms. The zero-order chi connectivity index (χ0) is 17.5. The third-order valence-corrected chi connectivity index (χ3v) is 4.38. The summed E-state index contributed by atoms with van der Waals surface area (Å²) in [6.45, 7) is 3.96. The number of amides is 1. The number of rotatable bonds is 7. The molecule has 1 atom stereocenters. The summed E-state index contributed by atoms with van der Waals surface area (Å²) < 4.78 is 6.38. The van der Waals surface area contributed by atoms with E-state index in [2.05, 4.69) is 38.0 Å². The van der Waals surface area contributed by atoms with Crippen molar-refractivity contribution < 1.29 is 19.4 Å². The molecule has 1 aromatic carbocycles. The predicted octanol–water partition coefficient (Wildman–Crippen LogP) is 2.41. The molecule has 9 heteroatoms. The van der Waals surface area contributed by atoms with E-state index in [-0.39, 0.29) is 17.5 Å². The van der Waals surface area contributed by atoms with Crippen molar-refractivity contribution in [1.29, 1.82) is 0 Å². The molecular weight excluding hydrogens is 398 g/mol. The molecule has 1 saturated heterocycles. The van der Waals surface area contributed by atoms with E-state index in [4.69, 9.17) is 9.84 Å². The number of carboxylic acids is 1. The van der Waals surface area contributed by atoms with E-state index < -0.39 is 11.2 Å². The van der Waals surface area contributed by atoms with Crippen molar-refractivity contribution in [3.05, 3.63) is 40.9 Å². The van der Waals surface area contributed by atoms with Gasteiger partial charge in [-0.1, -0.05) is 40.3 Å². The summed E-state index contributed by atoms with van der Waals surface area (Å²) in [6.07, 6.45) is 2.87. The Morgan fingerprint density at radius 3 is 3.04 bits per heavy atom. The maximum Gasteiger partial charge on any atom is 0.305 e. The summed E-state index contributed by atoms with van der Waals surface area (Å²) >= 11 is 4.42. The Labute approximate surface area is 151 Å². The summed E-state index contributed by atoms with van der Waals surface area (Å²) in [5.41, 5.74) is 0.701. The van der Waals surface area contributed by atoms with Crippen molar-refractivity contribution in [1.82, 2.24) is 5.32 Å². The number of hydrogen-bond donors (Lipinski definition) is 2. The number of benzene rings is 1. The molecule has 1 amide bonds. The molecule has 1 unspecified atom stereocenters. The summed E-state index contributed by atoms with van der Waals surface area (Å²) in [7, 11) is 0. The van der Waals surface area contributed by atoms with E-state index in [1.165, 1.54) is 6.21 Å². The minimum Gasteiger partial charge on any atom is -0.489 e. The first kappa shape index (κ1) is 18.2. The number of halogens is 1. The highest BCUT2D eigenvalue weighted by atomic mass is 79.9. The fourth-order valence-electron chi connectivity index (χ4n) is 1.79. The SMILES string of the molecule is C=CCOc1ccc(Br)cc1/C=N/N=C1\NC(=O)C(CC(=O)O)S1. The summed E-state index contributed by atoms with van der Waals surface area (Å²) in [5.74, 6) is -0.798. The van der Waals surface area contributed by atoms with Gasteiger partial charge in [-0.05, 0) is 18.2 Å². The Balaban J connectivity index is 2.08. The Morgan fingerprint density at radius 1 is 1.54 bits per heavy atom. The monoisotopic (exact) mass is 411 g/mol. The maximum absolute atomic E-state index is 11.6. The number of amidine groups is 1. The molecule has 1 aliphatic heterocycles. The van der Waals surface area contributed by atoms with Gasteiger partial charge in [0, 0.05) is 10.0 Å². The van der Waals surface area contributed by atoms with E-state index in [0.29, 0.717) is 17.9 Å². The van der Waals surface area contributed by atoms with Crippen molar-refractivity contribution in [2.45, 2.75) is 11.7 Å². The second kappa shape index (κ2) is 8.65. The molecule has 0 aliphatic carbocycles. The Hall–Kier alpha value is -2.13. The molecule has 0 saturated carbocycles. The first-order valence-electron chi connectivity index (χ1n) is 6.83. The normalized spacial score (nSPS) is 18.8. The topological polar surface area (TPSA) is 100 Å². The van der Waals surface area contributed by atoms with E-state index >= 15 is 0 Å². The second-order valence-corrected chi connectivity index (χ2v) is 6.73. The van der Waals surface area contributed by atoms with Crippen LogP contribution in [0.1, 0.15) is 12.0 Å². The van der Waals surface area contributed by atoms with Gasteiger partial charge in [0.05, 0.1) is 12.6 Å². The minimum absolute atomic E-state index is 0.260. The van der Waals surface area contributed by atoms with Crippen LogP contribution in [0.4, 0.5) is 0 Å². The predicted molar refractivity (Wildman–Crippen MR) is 96.6 cm³/mol. The third kappa shape index (κ3) is 5.20. The van der Waals surface area contributed by atoms with E-state index in [0.717, 1.165) is 16.2 Å². The van der Waals surface area contributed by atoms with Crippen molar-refractivity contribution >= 4 is 51.0 Å². The Kier molecular flexibility index (Phi) is 6.56. The van der Waals surface area contributed by atoms with Crippen LogP contribution in [0.15, 0.2) is 45.5 Å². The first-order valence-corrected chi connectivity index (χ1v) is 8.50. The molecule has 0 aromatic heterocycles. The van der Waals surface area contributed by atoms with Crippen LogP contribution in [-0.4, -0.2) is 40.2 Å². The fourth-order valence-corrected chi connectivity index (χ4v) is 3.08. The highest BCUT2D eigenvalue weighted by Crippen LogP contribution is 2.23. The summed E-state index contributed by atoms with van der Waals surface area (Å²) in [5, 5.41) is 18.7. The Bertz CT molecular complexity index is 721. The van der Waals surface area contributed by atoms with Gasteiger partial charge in [-0.25, -0.2) is 0 Å². The number of thioether (sulfide) groups is 1. The van der Waals surface area contributed by atoms with Crippen molar-refractivity contribution in [2.75, 3.05) is 6.61 Å². The van der Waals surface area contributed by atoms with Crippen LogP contribution in [0.5, 0.6) is 5.75 Å². The summed E-state index contributed by atoms with van der Waals surface area (Å²) in [4.78, 5) is 22.3. The van der Waals surface area contributed by atoms with Gasteiger partial charge in [0.1, 0.15) is 17.6 Å². The summed E-state index contributed by atoms with van der Waals surface area (Å²) in [6, 6.07) is 5.44. The van der Waals surface area contributed by atoms with Crippen LogP contribution in [-0.2, 0) is 9.59 Å². The average molecular weight is 412 g/mol. The average Bonchev–Trinajstić information content (AvgIpc) is 2.86. The van der Waals surface area contributed by atoms with E-state index in [1.54, 1.807) is 12.1 Å². The van der Waals surface area contributed by atoms with E-state index in [1.807, 2.05) is 12.1 Å². The van der Waals surface area contributed by atoms with Gasteiger partial charge in [-0.15, -0.1) is 5.10 Å². The molecule has 126 valence electrons. The molecule has 0 bridgehead atoms.